The van der Waals surface area contributed by atoms with Crippen LogP contribution in [0.3, 0.4) is 0 Å². The molecule has 23 heavy (non-hydrogen) atoms. The van der Waals surface area contributed by atoms with Gasteiger partial charge in [0, 0.05) is 6.20 Å². The smallest absolute Gasteiger partial charge is 0.243 e. The summed E-state index contributed by atoms with van der Waals surface area (Å²) in [4.78, 5) is 4.45. The van der Waals surface area contributed by atoms with E-state index in [1.54, 1.807) is 24.4 Å². The SMILES string of the molecule is CCc1ccc(S(=O)(=O)N2CC(Oc3ncccc3Br)C2)cc1. The Labute approximate surface area is 144 Å². The largest absolute Gasteiger partial charge is 0.471 e. The molecule has 0 unspecified atom stereocenters. The topological polar surface area (TPSA) is 59.5 Å². The molecule has 1 saturated heterocycles. The molecule has 1 aromatic heterocycles. The summed E-state index contributed by atoms with van der Waals surface area (Å²) in [5, 5.41) is 0. The molecule has 5 nitrogen and oxygen atoms in total. The highest BCUT2D eigenvalue weighted by molar-refractivity contribution is 9.10. The second kappa shape index (κ2) is 6.59. The van der Waals surface area contributed by atoms with Gasteiger partial charge in [-0.2, -0.15) is 4.31 Å². The van der Waals surface area contributed by atoms with Crippen LogP contribution in [0.5, 0.6) is 5.88 Å². The van der Waals surface area contributed by atoms with Crippen molar-refractivity contribution in [2.24, 2.45) is 0 Å². The Balaban J connectivity index is 1.64. The second-order valence-electron chi connectivity index (χ2n) is 5.35. The number of aromatic nitrogens is 1. The predicted molar refractivity (Wildman–Crippen MR) is 90.9 cm³/mol. The van der Waals surface area contributed by atoms with Gasteiger partial charge in [0.05, 0.1) is 22.5 Å². The second-order valence-corrected chi connectivity index (χ2v) is 8.14. The highest BCUT2D eigenvalue weighted by Gasteiger charge is 2.38. The lowest BCUT2D eigenvalue weighted by Gasteiger charge is -2.37. The molecule has 0 bridgehead atoms. The fourth-order valence-corrected chi connectivity index (χ4v) is 4.19. The van der Waals surface area contributed by atoms with Gasteiger partial charge in [-0.15, -0.1) is 0 Å². The summed E-state index contributed by atoms with van der Waals surface area (Å²) in [5.74, 6) is 0.488. The number of rotatable bonds is 5. The van der Waals surface area contributed by atoms with Crippen molar-refractivity contribution in [1.29, 1.82) is 0 Å². The van der Waals surface area contributed by atoms with E-state index in [0.717, 1.165) is 16.5 Å². The molecule has 0 saturated carbocycles. The van der Waals surface area contributed by atoms with E-state index in [9.17, 15) is 8.42 Å². The average Bonchev–Trinajstić information content (AvgIpc) is 2.52. The lowest BCUT2D eigenvalue weighted by atomic mass is 10.2. The third-order valence-corrected chi connectivity index (χ3v) is 6.24. The molecule has 2 aromatic rings. The summed E-state index contributed by atoms with van der Waals surface area (Å²) in [5.41, 5.74) is 1.12. The van der Waals surface area contributed by atoms with Gasteiger partial charge in [0.15, 0.2) is 0 Å². The monoisotopic (exact) mass is 396 g/mol. The summed E-state index contributed by atoms with van der Waals surface area (Å²) in [6, 6.07) is 10.7. The minimum absolute atomic E-state index is 0.175. The van der Waals surface area contributed by atoms with Gasteiger partial charge in [-0.25, -0.2) is 13.4 Å². The van der Waals surface area contributed by atoms with E-state index in [1.165, 1.54) is 4.31 Å². The number of aryl methyl sites for hydroxylation is 1. The molecule has 0 aliphatic carbocycles. The number of sulfonamides is 1. The quantitative estimate of drug-likeness (QED) is 0.779. The maximum Gasteiger partial charge on any atom is 0.243 e. The van der Waals surface area contributed by atoms with Crippen LogP contribution in [0.25, 0.3) is 0 Å². The van der Waals surface area contributed by atoms with Gasteiger partial charge in [0.25, 0.3) is 0 Å². The molecule has 0 amide bonds. The van der Waals surface area contributed by atoms with Crippen molar-refractivity contribution in [2.45, 2.75) is 24.3 Å². The fraction of sp³-hybridized carbons (Fsp3) is 0.312. The highest BCUT2D eigenvalue weighted by atomic mass is 79.9. The third-order valence-electron chi connectivity index (χ3n) is 3.79. The highest BCUT2D eigenvalue weighted by Crippen LogP contribution is 2.27. The first-order valence-corrected chi connectivity index (χ1v) is 9.60. The van der Waals surface area contributed by atoms with Gasteiger partial charge in [-0.3, -0.25) is 0 Å². The van der Waals surface area contributed by atoms with Gasteiger partial charge in [0.2, 0.25) is 15.9 Å². The van der Waals surface area contributed by atoms with Crippen LogP contribution in [0.4, 0.5) is 0 Å². The summed E-state index contributed by atoms with van der Waals surface area (Å²) >= 11 is 3.36. The van der Waals surface area contributed by atoms with E-state index in [1.807, 2.05) is 25.1 Å². The standard InChI is InChI=1S/C16H17BrN2O3S/c1-2-12-5-7-14(8-6-12)23(20,21)19-10-13(11-19)22-16-15(17)4-3-9-18-16/h3-9,13H,2,10-11H2,1H3. The van der Waals surface area contributed by atoms with Gasteiger partial charge < -0.3 is 4.74 Å². The zero-order chi connectivity index (χ0) is 16.4. The third kappa shape index (κ3) is 3.41. The number of nitrogens with zero attached hydrogens (tertiary/aromatic N) is 2. The van der Waals surface area contributed by atoms with Crippen LogP contribution >= 0.6 is 15.9 Å². The molecule has 0 atom stereocenters. The van der Waals surface area contributed by atoms with Crippen LogP contribution in [0.2, 0.25) is 0 Å². The van der Waals surface area contributed by atoms with Crippen LogP contribution in [0, 0.1) is 0 Å². The Hall–Kier alpha value is -1.44. The van der Waals surface area contributed by atoms with Crippen molar-refractivity contribution < 1.29 is 13.2 Å². The molecule has 0 N–H and O–H groups in total. The maximum atomic E-state index is 12.5. The van der Waals surface area contributed by atoms with Gasteiger partial charge in [0.1, 0.15) is 6.10 Å². The summed E-state index contributed by atoms with van der Waals surface area (Å²) in [7, 11) is -3.44. The lowest BCUT2D eigenvalue weighted by molar-refractivity contribution is 0.0713. The van der Waals surface area contributed by atoms with E-state index >= 15 is 0 Å². The molecular weight excluding hydrogens is 380 g/mol. The molecule has 2 heterocycles. The van der Waals surface area contributed by atoms with Crippen molar-refractivity contribution in [2.75, 3.05) is 13.1 Å². The van der Waals surface area contributed by atoms with Crippen LogP contribution in [-0.4, -0.2) is 36.9 Å². The fourth-order valence-electron chi connectivity index (χ4n) is 2.33. The molecule has 0 spiro atoms. The minimum Gasteiger partial charge on any atom is -0.471 e. The molecular formula is C16H17BrN2O3S. The lowest BCUT2D eigenvalue weighted by Crippen LogP contribution is -2.56. The van der Waals surface area contributed by atoms with E-state index < -0.39 is 10.0 Å². The minimum atomic E-state index is -3.44. The summed E-state index contributed by atoms with van der Waals surface area (Å²) < 4.78 is 33.0. The van der Waals surface area contributed by atoms with Gasteiger partial charge >= 0.3 is 0 Å². The van der Waals surface area contributed by atoms with E-state index in [4.69, 9.17) is 4.74 Å². The zero-order valence-electron chi connectivity index (χ0n) is 12.6. The number of pyridine rings is 1. The summed E-state index contributed by atoms with van der Waals surface area (Å²) in [6.45, 7) is 2.71. The van der Waals surface area contributed by atoms with Crippen molar-refractivity contribution in [3.8, 4) is 5.88 Å². The molecule has 7 heteroatoms. The average molecular weight is 397 g/mol. The Kier molecular flexibility index (Phi) is 4.70. The number of halogens is 1. The number of benzene rings is 1. The predicted octanol–water partition coefficient (Wildman–Crippen LogP) is 2.86. The number of hydrogen-bond donors (Lipinski definition) is 0. The van der Waals surface area contributed by atoms with Gasteiger partial charge in [-0.1, -0.05) is 19.1 Å². The first-order chi connectivity index (χ1) is 11.0. The molecule has 1 aliphatic heterocycles. The van der Waals surface area contributed by atoms with Crippen LogP contribution < -0.4 is 4.74 Å². The van der Waals surface area contributed by atoms with Crippen LogP contribution in [0.15, 0.2) is 52.0 Å². The molecule has 122 valence electrons. The Bertz CT molecular complexity index is 787. The Morgan fingerprint density at radius 3 is 2.57 bits per heavy atom. The summed E-state index contributed by atoms with van der Waals surface area (Å²) in [6.07, 6.45) is 2.35. The van der Waals surface area contributed by atoms with E-state index in [0.29, 0.717) is 23.9 Å². The normalized spacial score (nSPS) is 16.1. The number of hydrogen-bond acceptors (Lipinski definition) is 4. The molecule has 1 aromatic carbocycles. The van der Waals surface area contributed by atoms with Crippen molar-refractivity contribution in [3.05, 3.63) is 52.6 Å². The first-order valence-electron chi connectivity index (χ1n) is 7.37. The first kappa shape index (κ1) is 16.4. The molecule has 0 radical (unpaired) electrons. The van der Waals surface area contributed by atoms with Crippen molar-refractivity contribution in [1.82, 2.24) is 9.29 Å². The van der Waals surface area contributed by atoms with E-state index in [2.05, 4.69) is 20.9 Å². The maximum absolute atomic E-state index is 12.5. The Morgan fingerprint density at radius 1 is 1.26 bits per heavy atom. The van der Waals surface area contributed by atoms with Crippen LogP contribution in [-0.2, 0) is 16.4 Å². The van der Waals surface area contributed by atoms with Crippen molar-refractivity contribution in [3.63, 3.8) is 0 Å². The molecule has 3 rings (SSSR count). The Morgan fingerprint density at radius 2 is 1.96 bits per heavy atom. The zero-order valence-corrected chi connectivity index (χ0v) is 15.0. The number of ether oxygens (including phenoxy) is 1. The van der Waals surface area contributed by atoms with E-state index in [-0.39, 0.29) is 6.10 Å². The van der Waals surface area contributed by atoms with Crippen molar-refractivity contribution >= 4 is 26.0 Å². The molecule has 1 fully saturated rings. The van der Waals surface area contributed by atoms with Crippen LogP contribution in [0.1, 0.15) is 12.5 Å². The van der Waals surface area contributed by atoms with Gasteiger partial charge in [-0.05, 0) is 52.2 Å². The molecule has 1 aliphatic rings.